The van der Waals surface area contributed by atoms with Crippen molar-refractivity contribution in [3.8, 4) is 5.75 Å². The van der Waals surface area contributed by atoms with Gasteiger partial charge in [0.05, 0.1) is 6.61 Å². The number of benzene rings is 1. The van der Waals surface area contributed by atoms with Crippen molar-refractivity contribution >= 4 is 0 Å². The molecule has 1 unspecified atom stereocenters. The van der Waals surface area contributed by atoms with Gasteiger partial charge in [-0.05, 0) is 62.1 Å². The van der Waals surface area contributed by atoms with Crippen molar-refractivity contribution in [2.75, 3.05) is 6.61 Å². The SMILES string of the molecule is [2H]C1C[C@@H](CCC)CC[C@@H]1c1ccc(OCC)cc1. The van der Waals surface area contributed by atoms with E-state index < -0.39 is 0 Å². The molecule has 0 radical (unpaired) electrons. The molecule has 0 bridgehead atoms. The van der Waals surface area contributed by atoms with Gasteiger partial charge in [-0.2, -0.15) is 0 Å². The van der Waals surface area contributed by atoms with E-state index in [0.717, 1.165) is 18.1 Å². The van der Waals surface area contributed by atoms with Gasteiger partial charge < -0.3 is 4.74 Å². The predicted octanol–water partition coefficient (Wildman–Crippen LogP) is 5.16. The standard InChI is InChI=1S/C17H26O/c1-3-5-14-6-8-15(9-7-14)16-10-12-17(13-11-16)18-4-2/h10-15H,3-9H2,1-2H3/t14-,15-/i8D/t8?,14-,15-/m1/s1. The Bertz CT molecular complexity index is 373. The molecule has 0 amide bonds. The van der Waals surface area contributed by atoms with Gasteiger partial charge in [-0.1, -0.05) is 31.9 Å². The van der Waals surface area contributed by atoms with E-state index in [9.17, 15) is 0 Å². The lowest BCUT2D eigenvalue weighted by Gasteiger charge is -2.28. The molecule has 0 heterocycles. The van der Waals surface area contributed by atoms with Crippen molar-refractivity contribution < 1.29 is 6.11 Å². The highest BCUT2D eigenvalue weighted by molar-refractivity contribution is 5.29. The van der Waals surface area contributed by atoms with Gasteiger partial charge in [-0.3, -0.25) is 0 Å². The Morgan fingerprint density at radius 2 is 1.94 bits per heavy atom. The van der Waals surface area contributed by atoms with Gasteiger partial charge >= 0.3 is 0 Å². The number of rotatable bonds is 5. The van der Waals surface area contributed by atoms with Gasteiger partial charge in [-0.15, -0.1) is 0 Å². The maximum absolute atomic E-state index is 8.38. The summed E-state index contributed by atoms with van der Waals surface area (Å²) in [5, 5.41) is 0. The number of hydrogen-bond acceptors (Lipinski definition) is 1. The molecule has 0 aromatic heterocycles. The quantitative estimate of drug-likeness (QED) is 0.698. The molecule has 1 saturated carbocycles. The molecule has 3 atom stereocenters. The fourth-order valence-corrected chi connectivity index (χ4v) is 2.96. The highest BCUT2D eigenvalue weighted by Gasteiger charge is 2.21. The summed E-state index contributed by atoms with van der Waals surface area (Å²) in [6, 6.07) is 8.39. The molecular weight excluding hydrogens is 220 g/mol. The van der Waals surface area contributed by atoms with Gasteiger partial charge in [0.25, 0.3) is 0 Å². The molecular formula is C17H26O. The Balaban J connectivity index is 1.98. The first-order chi connectivity index (χ1) is 9.24. The van der Waals surface area contributed by atoms with E-state index in [2.05, 4.69) is 19.1 Å². The summed E-state index contributed by atoms with van der Waals surface area (Å²) < 4.78 is 13.9. The van der Waals surface area contributed by atoms with Crippen LogP contribution in [0.4, 0.5) is 0 Å². The third-order valence-electron chi connectivity index (χ3n) is 3.96. The van der Waals surface area contributed by atoms with E-state index in [0.29, 0.717) is 12.5 Å². The Kier molecular flexibility index (Phi) is 4.57. The Hall–Kier alpha value is -0.980. The second-order valence-electron chi connectivity index (χ2n) is 5.31. The third-order valence-corrected chi connectivity index (χ3v) is 3.96. The van der Waals surface area contributed by atoms with Crippen LogP contribution < -0.4 is 4.74 Å². The van der Waals surface area contributed by atoms with Crippen molar-refractivity contribution in [1.82, 2.24) is 0 Å². The molecule has 1 aliphatic carbocycles. The molecule has 18 heavy (non-hydrogen) atoms. The minimum atomic E-state index is 0.0724. The fraction of sp³-hybridized carbons (Fsp3) is 0.647. The summed E-state index contributed by atoms with van der Waals surface area (Å²) in [4.78, 5) is 0. The minimum absolute atomic E-state index is 0.0724. The second-order valence-corrected chi connectivity index (χ2v) is 5.31. The summed E-state index contributed by atoms with van der Waals surface area (Å²) in [5.74, 6) is 2.14. The smallest absolute Gasteiger partial charge is 0.119 e. The van der Waals surface area contributed by atoms with Crippen molar-refractivity contribution in [3.63, 3.8) is 0 Å². The molecule has 1 heteroatoms. The lowest BCUT2D eigenvalue weighted by molar-refractivity contribution is 0.308. The van der Waals surface area contributed by atoms with E-state index in [1.165, 1.54) is 31.2 Å². The second kappa shape index (κ2) is 6.82. The van der Waals surface area contributed by atoms with Gasteiger partial charge in [0, 0.05) is 1.37 Å². The Morgan fingerprint density at radius 1 is 1.17 bits per heavy atom. The summed E-state index contributed by atoms with van der Waals surface area (Å²) >= 11 is 0. The monoisotopic (exact) mass is 247 g/mol. The average molecular weight is 247 g/mol. The molecule has 1 nitrogen and oxygen atoms in total. The van der Waals surface area contributed by atoms with Crippen molar-refractivity contribution in [2.45, 2.75) is 58.3 Å². The van der Waals surface area contributed by atoms with Crippen LogP contribution in [-0.2, 0) is 0 Å². The van der Waals surface area contributed by atoms with Gasteiger partial charge in [0.2, 0.25) is 0 Å². The lowest BCUT2D eigenvalue weighted by atomic mass is 9.77. The van der Waals surface area contributed by atoms with Gasteiger partial charge in [0.1, 0.15) is 5.75 Å². The topological polar surface area (TPSA) is 9.23 Å². The maximum atomic E-state index is 8.38. The first-order valence-corrected chi connectivity index (χ1v) is 7.39. The van der Waals surface area contributed by atoms with Crippen LogP contribution in [0.25, 0.3) is 0 Å². The van der Waals surface area contributed by atoms with Crippen LogP contribution in [0.15, 0.2) is 24.3 Å². The Morgan fingerprint density at radius 3 is 2.56 bits per heavy atom. The average Bonchev–Trinajstić information content (AvgIpc) is 2.41. The molecule has 1 aromatic rings. The van der Waals surface area contributed by atoms with Crippen LogP contribution in [0.5, 0.6) is 5.75 Å². The van der Waals surface area contributed by atoms with E-state index in [-0.39, 0.29) is 6.40 Å². The highest BCUT2D eigenvalue weighted by atomic mass is 16.5. The third kappa shape index (κ3) is 3.51. The van der Waals surface area contributed by atoms with Crippen LogP contribution in [0.3, 0.4) is 0 Å². The van der Waals surface area contributed by atoms with Crippen LogP contribution in [0.1, 0.15) is 65.2 Å². The summed E-state index contributed by atoms with van der Waals surface area (Å²) in [7, 11) is 0. The normalized spacial score (nSPS) is 28.8. The zero-order valence-electron chi connectivity index (χ0n) is 12.7. The molecule has 1 fully saturated rings. The van der Waals surface area contributed by atoms with Crippen molar-refractivity contribution in [3.05, 3.63) is 29.8 Å². The first-order valence-electron chi connectivity index (χ1n) is 7.97. The summed E-state index contributed by atoms with van der Waals surface area (Å²) in [6.07, 6.45) is 6.17. The molecule has 0 N–H and O–H groups in total. The minimum Gasteiger partial charge on any atom is -0.494 e. The predicted molar refractivity (Wildman–Crippen MR) is 77.2 cm³/mol. The summed E-state index contributed by atoms with van der Waals surface area (Å²) in [6.45, 7) is 4.96. The van der Waals surface area contributed by atoms with Gasteiger partial charge in [0.15, 0.2) is 0 Å². The fourth-order valence-electron chi connectivity index (χ4n) is 2.96. The number of ether oxygens (including phenoxy) is 1. The molecule has 0 spiro atoms. The molecule has 1 aromatic carbocycles. The van der Waals surface area contributed by atoms with E-state index in [4.69, 9.17) is 6.11 Å². The van der Waals surface area contributed by atoms with E-state index >= 15 is 0 Å². The molecule has 1 aliphatic rings. The maximum Gasteiger partial charge on any atom is 0.119 e. The van der Waals surface area contributed by atoms with Crippen molar-refractivity contribution in [2.24, 2.45) is 5.92 Å². The molecule has 0 saturated heterocycles. The lowest BCUT2D eigenvalue weighted by Crippen LogP contribution is -2.13. The van der Waals surface area contributed by atoms with Crippen LogP contribution in [0.2, 0.25) is 0 Å². The Labute approximate surface area is 113 Å². The van der Waals surface area contributed by atoms with Crippen molar-refractivity contribution in [1.29, 1.82) is 0 Å². The highest BCUT2D eigenvalue weighted by Crippen LogP contribution is 2.37. The zero-order chi connectivity index (χ0) is 13.7. The molecule has 0 aliphatic heterocycles. The van der Waals surface area contributed by atoms with Crippen LogP contribution in [-0.4, -0.2) is 6.61 Å². The van der Waals surface area contributed by atoms with Gasteiger partial charge in [-0.25, -0.2) is 0 Å². The van der Waals surface area contributed by atoms with E-state index in [1.807, 2.05) is 19.1 Å². The largest absolute Gasteiger partial charge is 0.494 e. The first kappa shape index (κ1) is 12.1. The van der Waals surface area contributed by atoms with Crippen LogP contribution >= 0.6 is 0 Å². The molecule has 2 rings (SSSR count). The van der Waals surface area contributed by atoms with Crippen LogP contribution in [0, 0.1) is 5.92 Å². The number of hydrogen-bond donors (Lipinski definition) is 0. The molecule has 100 valence electrons. The zero-order valence-corrected chi connectivity index (χ0v) is 11.7. The van der Waals surface area contributed by atoms with E-state index in [1.54, 1.807) is 0 Å². The summed E-state index contributed by atoms with van der Waals surface area (Å²) in [5.41, 5.74) is 1.32.